The van der Waals surface area contributed by atoms with Gasteiger partial charge in [0.25, 0.3) is 5.91 Å². The minimum absolute atomic E-state index is 0.108. The number of rotatable bonds is 5. The molecule has 6 heteroatoms. The number of carbonyl (C=O) groups is 1. The van der Waals surface area contributed by atoms with Crippen molar-refractivity contribution in [2.45, 2.75) is 31.7 Å². The molecule has 1 aliphatic carbocycles. The fourth-order valence-corrected chi connectivity index (χ4v) is 4.69. The third-order valence-corrected chi connectivity index (χ3v) is 6.15. The Morgan fingerprint density at radius 2 is 2.00 bits per heavy atom. The summed E-state index contributed by atoms with van der Waals surface area (Å²) in [4.78, 5) is 19.6. The lowest BCUT2D eigenvalue weighted by Gasteiger charge is -2.27. The molecule has 6 nitrogen and oxygen atoms in total. The van der Waals surface area contributed by atoms with E-state index >= 15 is 0 Å². The molecule has 2 heterocycles. The fraction of sp³-hybridized carbons (Fsp3) is 0.391. The molecular formula is C23H24N2O4. The van der Waals surface area contributed by atoms with Crippen LogP contribution in [0, 0.1) is 5.92 Å². The number of hydrogen-bond donors (Lipinski definition) is 0. The molecule has 1 aliphatic heterocycles. The van der Waals surface area contributed by atoms with Crippen LogP contribution in [0.3, 0.4) is 0 Å². The Hall–Kier alpha value is -3.02. The van der Waals surface area contributed by atoms with Gasteiger partial charge in [-0.15, -0.1) is 0 Å². The summed E-state index contributed by atoms with van der Waals surface area (Å²) < 4.78 is 16.6. The molecule has 1 aromatic heterocycles. The van der Waals surface area contributed by atoms with Gasteiger partial charge in [0.1, 0.15) is 5.52 Å². The van der Waals surface area contributed by atoms with Gasteiger partial charge in [-0.2, -0.15) is 0 Å². The molecule has 2 aliphatic rings. The molecule has 1 saturated carbocycles. The molecule has 0 N–H and O–H groups in total. The summed E-state index contributed by atoms with van der Waals surface area (Å²) in [6.45, 7) is 0.891. The molecule has 2 aromatic carbocycles. The maximum absolute atomic E-state index is 12.9. The predicted molar refractivity (Wildman–Crippen MR) is 109 cm³/mol. The molecule has 1 amide bonds. The van der Waals surface area contributed by atoms with Crippen molar-refractivity contribution >= 4 is 17.0 Å². The second-order valence-corrected chi connectivity index (χ2v) is 7.95. The highest BCUT2D eigenvalue weighted by Gasteiger charge is 2.40. The Morgan fingerprint density at radius 1 is 1.14 bits per heavy atom. The van der Waals surface area contributed by atoms with E-state index in [1.165, 1.54) is 6.42 Å². The maximum atomic E-state index is 12.9. The molecular weight excluding hydrogens is 368 g/mol. The molecule has 0 unspecified atom stereocenters. The van der Waals surface area contributed by atoms with Crippen LogP contribution in [0.5, 0.6) is 11.5 Å². The van der Waals surface area contributed by atoms with E-state index in [1.807, 2.05) is 41.3 Å². The third kappa shape index (κ3) is 3.22. The van der Waals surface area contributed by atoms with Crippen molar-refractivity contribution in [2.75, 3.05) is 20.8 Å². The Morgan fingerprint density at radius 3 is 2.72 bits per heavy atom. The lowest BCUT2D eigenvalue weighted by atomic mass is 10.1. The molecule has 5 rings (SSSR count). The van der Waals surface area contributed by atoms with E-state index in [2.05, 4.69) is 4.98 Å². The number of amides is 1. The van der Waals surface area contributed by atoms with Crippen molar-refractivity contribution in [3.8, 4) is 11.5 Å². The lowest BCUT2D eigenvalue weighted by molar-refractivity contribution is 0.0703. The summed E-state index contributed by atoms with van der Waals surface area (Å²) >= 11 is 0. The Kier molecular flexibility index (Phi) is 4.42. The van der Waals surface area contributed by atoms with E-state index in [0.29, 0.717) is 46.9 Å². The van der Waals surface area contributed by atoms with Gasteiger partial charge in [0.05, 0.1) is 14.2 Å². The molecule has 150 valence electrons. The van der Waals surface area contributed by atoms with Gasteiger partial charge in [0, 0.05) is 24.6 Å². The van der Waals surface area contributed by atoms with Crippen LogP contribution < -0.4 is 9.47 Å². The van der Waals surface area contributed by atoms with Gasteiger partial charge in [-0.1, -0.05) is 6.07 Å². The van der Waals surface area contributed by atoms with Gasteiger partial charge in [-0.3, -0.25) is 4.79 Å². The SMILES string of the molecule is COc1ccc(Cc2nc3ccc(C(=O)N4C[C@H]5CC[C@H]4C5)cc3o2)cc1OC. The van der Waals surface area contributed by atoms with Crippen LogP contribution in [-0.2, 0) is 6.42 Å². The first kappa shape index (κ1) is 18.0. The van der Waals surface area contributed by atoms with Gasteiger partial charge < -0.3 is 18.8 Å². The van der Waals surface area contributed by atoms with Crippen LogP contribution in [0.15, 0.2) is 40.8 Å². The normalized spacial score (nSPS) is 20.4. The first-order valence-electron chi connectivity index (χ1n) is 10.1. The number of aromatic nitrogens is 1. The fourth-order valence-electron chi connectivity index (χ4n) is 4.69. The second kappa shape index (κ2) is 7.10. The number of benzene rings is 2. The number of likely N-dealkylation sites (tertiary alicyclic amines) is 1. The van der Waals surface area contributed by atoms with Crippen LogP contribution in [0.2, 0.25) is 0 Å². The highest BCUT2D eigenvalue weighted by molar-refractivity contribution is 5.97. The average Bonchev–Trinajstić information content (AvgIpc) is 3.47. The van der Waals surface area contributed by atoms with Crippen LogP contribution >= 0.6 is 0 Å². The molecule has 2 atom stereocenters. The molecule has 29 heavy (non-hydrogen) atoms. The summed E-state index contributed by atoms with van der Waals surface area (Å²) in [6.07, 6.45) is 4.09. The highest BCUT2D eigenvalue weighted by Crippen LogP contribution is 2.38. The van der Waals surface area contributed by atoms with E-state index in [4.69, 9.17) is 13.9 Å². The van der Waals surface area contributed by atoms with Gasteiger partial charge in [-0.05, 0) is 61.1 Å². The number of oxazole rings is 1. The average molecular weight is 392 g/mol. The van der Waals surface area contributed by atoms with Crippen LogP contribution in [0.25, 0.3) is 11.1 Å². The Balaban J connectivity index is 1.37. The minimum Gasteiger partial charge on any atom is -0.493 e. The van der Waals surface area contributed by atoms with E-state index < -0.39 is 0 Å². The quantitative estimate of drug-likeness (QED) is 0.655. The standard InChI is InChI=1S/C23H24N2O4/c1-27-19-8-4-14(10-21(19)28-2)11-22-24-18-7-5-16(12-20(18)29-22)23(26)25-13-15-3-6-17(25)9-15/h4-5,7-8,10,12,15,17H,3,6,9,11,13H2,1-2H3/t15-,17-/m0/s1. The highest BCUT2D eigenvalue weighted by atomic mass is 16.5. The number of nitrogens with zero attached hydrogens (tertiary/aromatic N) is 2. The van der Waals surface area contributed by atoms with Crippen LogP contribution in [0.4, 0.5) is 0 Å². The second-order valence-electron chi connectivity index (χ2n) is 7.95. The van der Waals surface area contributed by atoms with Crippen LogP contribution in [-0.4, -0.2) is 42.6 Å². The Labute approximate surface area is 169 Å². The summed E-state index contributed by atoms with van der Waals surface area (Å²) in [7, 11) is 3.23. The number of methoxy groups -OCH3 is 2. The molecule has 1 saturated heterocycles. The van der Waals surface area contributed by atoms with E-state index in [1.54, 1.807) is 14.2 Å². The molecule has 2 fully saturated rings. The zero-order valence-corrected chi connectivity index (χ0v) is 16.7. The number of fused-ring (bicyclic) bond motifs is 3. The van der Waals surface area contributed by atoms with Gasteiger partial charge in [-0.25, -0.2) is 4.98 Å². The first-order chi connectivity index (χ1) is 14.1. The van der Waals surface area contributed by atoms with Gasteiger partial charge in [0.15, 0.2) is 23.0 Å². The van der Waals surface area contributed by atoms with E-state index in [0.717, 1.165) is 30.5 Å². The van der Waals surface area contributed by atoms with Crippen molar-refractivity contribution in [2.24, 2.45) is 5.92 Å². The van der Waals surface area contributed by atoms with Crippen molar-refractivity contribution in [3.63, 3.8) is 0 Å². The van der Waals surface area contributed by atoms with Gasteiger partial charge in [0.2, 0.25) is 0 Å². The molecule has 2 bridgehead atoms. The molecule has 3 aromatic rings. The predicted octanol–water partition coefficient (Wildman–Crippen LogP) is 4.06. The number of carbonyl (C=O) groups excluding carboxylic acids is 1. The molecule has 0 radical (unpaired) electrons. The van der Waals surface area contributed by atoms with Crippen molar-refractivity contribution in [1.29, 1.82) is 0 Å². The zero-order valence-electron chi connectivity index (χ0n) is 16.7. The summed E-state index contributed by atoms with van der Waals surface area (Å²) in [5.74, 6) is 2.77. The molecule has 0 spiro atoms. The smallest absolute Gasteiger partial charge is 0.254 e. The Bertz CT molecular complexity index is 1070. The minimum atomic E-state index is 0.108. The monoisotopic (exact) mass is 392 g/mol. The number of piperidine rings is 1. The zero-order chi connectivity index (χ0) is 20.0. The topological polar surface area (TPSA) is 64.8 Å². The summed E-state index contributed by atoms with van der Waals surface area (Å²) in [5, 5.41) is 0. The lowest BCUT2D eigenvalue weighted by Crippen LogP contribution is -2.37. The first-order valence-corrected chi connectivity index (χ1v) is 10.1. The maximum Gasteiger partial charge on any atom is 0.254 e. The summed E-state index contributed by atoms with van der Waals surface area (Å²) in [5.41, 5.74) is 3.10. The van der Waals surface area contributed by atoms with Crippen molar-refractivity contribution in [3.05, 3.63) is 53.4 Å². The van der Waals surface area contributed by atoms with Crippen molar-refractivity contribution in [1.82, 2.24) is 9.88 Å². The van der Waals surface area contributed by atoms with Crippen LogP contribution in [0.1, 0.15) is 41.1 Å². The van der Waals surface area contributed by atoms with E-state index in [-0.39, 0.29) is 5.91 Å². The van der Waals surface area contributed by atoms with Crippen molar-refractivity contribution < 1.29 is 18.7 Å². The largest absolute Gasteiger partial charge is 0.493 e. The van der Waals surface area contributed by atoms with E-state index in [9.17, 15) is 4.79 Å². The number of ether oxygens (including phenoxy) is 2. The summed E-state index contributed by atoms with van der Waals surface area (Å²) in [6, 6.07) is 11.7. The number of hydrogen-bond acceptors (Lipinski definition) is 5. The van der Waals surface area contributed by atoms with Gasteiger partial charge >= 0.3 is 0 Å². The third-order valence-electron chi connectivity index (χ3n) is 6.15.